The molecule has 0 aliphatic carbocycles. The van der Waals surface area contributed by atoms with E-state index in [0.717, 1.165) is 22.8 Å². The van der Waals surface area contributed by atoms with Crippen LogP contribution in [-0.2, 0) is 16.5 Å². The van der Waals surface area contributed by atoms with Crippen molar-refractivity contribution in [1.29, 1.82) is 0 Å². The topological polar surface area (TPSA) is 54.4 Å². The number of hydrogen-bond donors (Lipinski definition) is 1. The van der Waals surface area contributed by atoms with Crippen molar-refractivity contribution in [1.82, 2.24) is 0 Å². The summed E-state index contributed by atoms with van der Waals surface area (Å²) in [6.07, 6.45) is 0.784. The quantitative estimate of drug-likeness (QED) is 0.744. The van der Waals surface area contributed by atoms with Crippen LogP contribution in [0.2, 0.25) is 0 Å². The predicted octanol–water partition coefficient (Wildman–Crippen LogP) is 3.99. The number of benzene rings is 3. The average Bonchev–Trinajstić information content (AvgIpc) is 2.48. The number of fused-ring (bicyclic) bond motifs is 1. The summed E-state index contributed by atoms with van der Waals surface area (Å²) >= 11 is 0. The lowest BCUT2D eigenvalue weighted by molar-refractivity contribution is 0.483. The van der Waals surface area contributed by atoms with E-state index >= 15 is 0 Å². The van der Waals surface area contributed by atoms with E-state index in [1.807, 2.05) is 18.2 Å². The molecule has 0 aromatic heterocycles. The smallest absolute Gasteiger partial charge is 0.282 e. The van der Waals surface area contributed by atoms with Gasteiger partial charge in [0, 0.05) is 0 Å². The van der Waals surface area contributed by atoms with Gasteiger partial charge in [-0.15, -0.1) is 0 Å². The van der Waals surface area contributed by atoms with E-state index in [9.17, 15) is 8.42 Å². The lowest BCUT2D eigenvalue weighted by atomic mass is 10.0. The molecule has 0 atom stereocenters. The van der Waals surface area contributed by atoms with Gasteiger partial charge in [0.2, 0.25) is 0 Å². The molecular formula is C18H16O3S. The number of rotatable bonds is 3. The van der Waals surface area contributed by atoms with Crippen LogP contribution in [0.15, 0.2) is 65.6 Å². The van der Waals surface area contributed by atoms with Crippen LogP contribution >= 0.6 is 0 Å². The Kier molecular flexibility index (Phi) is 3.72. The highest BCUT2D eigenvalue weighted by molar-refractivity contribution is 7.85. The first kappa shape index (κ1) is 14.8. The van der Waals surface area contributed by atoms with E-state index in [4.69, 9.17) is 4.55 Å². The van der Waals surface area contributed by atoms with Gasteiger partial charge in [0.25, 0.3) is 10.1 Å². The van der Waals surface area contributed by atoms with Crippen LogP contribution in [0.4, 0.5) is 0 Å². The molecule has 0 amide bonds. The van der Waals surface area contributed by atoms with E-state index in [1.165, 1.54) is 23.3 Å². The molecule has 0 saturated carbocycles. The van der Waals surface area contributed by atoms with Gasteiger partial charge in [-0.2, -0.15) is 8.42 Å². The minimum Gasteiger partial charge on any atom is -0.282 e. The Bertz CT molecular complexity index is 926. The second-order valence-corrected chi connectivity index (χ2v) is 6.90. The van der Waals surface area contributed by atoms with Gasteiger partial charge >= 0.3 is 0 Å². The zero-order chi connectivity index (χ0) is 15.7. The molecule has 22 heavy (non-hydrogen) atoms. The Hall–Kier alpha value is -2.17. The van der Waals surface area contributed by atoms with E-state index in [0.29, 0.717) is 0 Å². The molecule has 0 spiro atoms. The molecule has 0 heterocycles. The fourth-order valence-electron chi connectivity index (χ4n) is 2.49. The second-order valence-electron chi connectivity index (χ2n) is 5.48. The lowest BCUT2D eigenvalue weighted by Crippen LogP contribution is -1.97. The maximum atomic E-state index is 11.2. The SMILES string of the molecule is Cc1ccc(Cc2ccc3ccc(S(=O)(=O)O)cc3c2)cc1. The van der Waals surface area contributed by atoms with Crippen LogP contribution in [0.5, 0.6) is 0 Å². The molecule has 0 radical (unpaired) electrons. The van der Waals surface area contributed by atoms with Gasteiger partial charge in [0.05, 0.1) is 4.90 Å². The largest absolute Gasteiger partial charge is 0.294 e. The van der Waals surface area contributed by atoms with Crippen molar-refractivity contribution in [2.75, 3.05) is 0 Å². The third-order valence-electron chi connectivity index (χ3n) is 3.70. The standard InChI is InChI=1S/C18H16O3S/c1-13-2-4-14(5-3-13)10-15-6-7-16-8-9-18(22(19,20)21)12-17(16)11-15/h2-9,11-12H,10H2,1H3,(H,19,20,21). The molecule has 0 unspecified atom stereocenters. The minimum atomic E-state index is -4.17. The zero-order valence-corrected chi connectivity index (χ0v) is 13.0. The van der Waals surface area contributed by atoms with Crippen LogP contribution < -0.4 is 0 Å². The summed E-state index contributed by atoms with van der Waals surface area (Å²) in [5, 5.41) is 1.75. The van der Waals surface area contributed by atoms with Crippen LogP contribution in [0, 0.1) is 6.92 Å². The molecule has 3 rings (SSSR count). The summed E-state index contributed by atoms with van der Waals surface area (Å²) in [6.45, 7) is 2.05. The third-order valence-corrected chi connectivity index (χ3v) is 4.55. The van der Waals surface area contributed by atoms with Crippen molar-refractivity contribution in [3.05, 3.63) is 77.4 Å². The van der Waals surface area contributed by atoms with Gasteiger partial charge in [-0.25, -0.2) is 0 Å². The first-order valence-electron chi connectivity index (χ1n) is 6.97. The molecule has 0 fully saturated rings. The van der Waals surface area contributed by atoms with E-state index in [1.54, 1.807) is 6.07 Å². The first-order chi connectivity index (χ1) is 10.4. The zero-order valence-electron chi connectivity index (χ0n) is 12.2. The third kappa shape index (κ3) is 3.18. The van der Waals surface area contributed by atoms with Crippen LogP contribution in [0.1, 0.15) is 16.7 Å². The molecule has 3 nitrogen and oxygen atoms in total. The normalized spacial score (nSPS) is 11.7. The maximum absolute atomic E-state index is 11.2. The molecule has 0 aliphatic rings. The Morgan fingerprint density at radius 3 is 2.14 bits per heavy atom. The molecule has 4 heteroatoms. The molecule has 0 bridgehead atoms. The van der Waals surface area contributed by atoms with Gasteiger partial charge in [0.1, 0.15) is 0 Å². The van der Waals surface area contributed by atoms with Crippen LogP contribution in [0.3, 0.4) is 0 Å². The van der Waals surface area contributed by atoms with Crippen molar-refractivity contribution in [3.63, 3.8) is 0 Å². The Morgan fingerprint density at radius 1 is 0.818 bits per heavy atom. The van der Waals surface area contributed by atoms with Crippen molar-refractivity contribution in [3.8, 4) is 0 Å². The highest BCUT2D eigenvalue weighted by Gasteiger charge is 2.10. The Balaban J connectivity index is 1.99. The molecule has 3 aromatic rings. The molecular weight excluding hydrogens is 296 g/mol. The second kappa shape index (κ2) is 5.55. The predicted molar refractivity (Wildman–Crippen MR) is 87.7 cm³/mol. The van der Waals surface area contributed by atoms with Crippen molar-refractivity contribution >= 4 is 20.9 Å². The van der Waals surface area contributed by atoms with Gasteiger partial charge in [-0.05, 0) is 47.4 Å². The lowest BCUT2D eigenvalue weighted by Gasteiger charge is -2.06. The summed E-state index contributed by atoms with van der Waals surface area (Å²) < 4.78 is 31.6. The van der Waals surface area contributed by atoms with Crippen molar-refractivity contribution < 1.29 is 13.0 Å². The van der Waals surface area contributed by atoms with E-state index < -0.39 is 10.1 Å². The molecule has 3 aromatic carbocycles. The first-order valence-corrected chi connectivity index (χ1v) is 8.41. The summed E-state index contributed by atoms with van der Waals surface area (Å²) in [5.74, 6) is 0. The van der Waals surface area contributed by atoms with E-state index in [2.05, 4.69) is 31.2 Å². The summed E-state index contributed by atoms with van der Waals surface area (Å²) in [6, 6.07) is 18.9. The maximum Gasteiger partial charge on any atom is 0.294 e. The number of aryl methyl sites for hydroxylation is 1. The summed E-state index contributed by atoms with van der Waals surface area (Å²) in [7, 11) is -4.17. The monoisotopic (exact) mass is 312 g/mol. The van der Waals surface area contributed by atoms with Crippen molar-refractivity contribution in [2.45, 2.75) is 18.2 Å². The summed E-state index contributed by atoms with van der Waals surface area (Å²) in [4.78, 5) is -0.0764. The van der Waals surface area contributed by atoms with E-state index in [-0.39, 0.29) is 4.90 Å². The Morgan fingerprint density at radius 2 is 1.45 bits per heavy atom. The number of hydrogen-bond acceptors (Lipinski definition) is 2. The van der Waals surface area contributed by atoms with Gasteiger partial charge in [-0.3, -0.25) is 4.55 Å². The van der Waals surface area contributed by atoms with Crippen LogP contribution in [-0.4, -0.2) is 13.0 Å². The van der Waals surface area contributed by atoms with Gasteiger partial charge in [-0.1, -0.05) is 54.1 Å². The highest BCUT2D eigenvalue weighted by atomic mass is 32.2. The van der Waals surface area contributed by atoms with Crippen LogP contribution in [0.25, 0.3) is 10.8 Å². The summed E-state index contributed by atoms with van der Waals surface area (Å²) in [5.41, 5.74) is 3.53. The highest BCUT2D eigenvalue weighted by Crippen LogP contribution is 2.22. The Labute approximate surface area is 130 Å². The molecule has 0 aliphatic heterocycles. The minimum absolute atomic E-state index is 0.0764. The molecule has 112 valence electrons. The molecule has 0 saturated heterocycles. The van der Waals surface area contributed by atoms with Gasteiger partial charge < -0.3 is 0 Å². The van der Waals surface area contributed by atoms with Gasteiger partial charge in [0.15, 0.2) is 0 Å². The average molecular weight is 312 g/mol. The van der Waals surface area contributed by atoms with Crippen molar-refractivity contribution in [2.24, 2.45) is 0 Å². The molecule has 1 N–H and O–H groups in total. The fourth-order valence-corrected chi connectivity index (χ4v) is 3.00. The fraction of sp³-hybridized carbons (Fsp3) is 0.111.